The molecule has 0 bridgehead atoms. The van der Waals surface area contributed by atoms with E-state index in [1.54, 1.807) is 6.20 Å². The molecule has 1 aromatic heterocycles. The lowest BCUT2D eigenvalue weighted by molar-refractivity contribution is -0.120. The minimum atomic E-state index is -1.67. The molecule has 0 aliphatic rings. The van der Waals surface area contributed by atoms with Gasteiger partial charge in [0.2, 0.25) is 5.91 Å². The molecule has 1 amide bonds. The number of benzene rings is 1. The van der Waals surface area contributed by atoms with Crippen LogP contribution >= 0.6 is 0 Å². The SMILES string of the molecule is CC(C)(C)OC(=O)n1cc(CC(=O)NCCCNCCCO[Si](C)(C)C(C)(C)C)c2ccccc21. The molecule has 0 fully saturated rings. The van der Waals surface area contributed by atoms with Gasteiger partial charge in [0.15, 0.2) is 8.32 Å². The van der Waals surface area contributed by atoms with Gasteiger partial charge in [0.25, 0.3) is 0 Å². The van der Waals surface area contributed by atoms with Gasteiger partial charge < -0.3 is 19.8 Å². The highest BCUT2D eigenvalue weighted by Crippen LogP contribution is 2.36. The number of rotatable bonds is 11. The quantitative estimate of drug-likeness (QED) is 0.314. The van der Waals surface area contributed by atoms with Crippen molar-refractivity contribution in [1.82, 2.24) is 15.2 Å². The third-order valence-electron chi connectivity index (χ3n) is 6.36. The third-order valence-corrected chi connectivity index (χ3v) is 10.9. The van der Waals surface area contributed by atoms with E-state index in [0.717, 1.165) is 49.0 Å². The number of hydrogen-bond donors (Lipinski definition) is 2. The van der Waals surface area contributed by atoms with Gasteiger partial charge in [0, 0.05) is 24.7 Å². The van der Waals surface area contributed by atoms with Gasteiger partial charge in [-0.15, -0.1) is 0 Å². The number of ether oxygens (including phenoxy) is 1. The molecule has 1 heterocycles. The lowest BCUT2D eigenvalue weighted by atomic mass is 10.1. The maximum absolute atomic E-state index is 12.6. The van der Waals surface area contributed by atoms with Gasteiger partial charge in [-0.05, 0) is 76.5 Å². The van der Waals surface area contributed by atoms with Gasteiger partial charge in [-0.25, -0.2) is 4.79 Å². The summed E-state index contributed by atoms with van der Waals surface area (Å²) in [5.41, 5.74) is 0.960. The van der Waals surface area contributed by atoms with Crippen LogP contribution in [0.15, 0.2) is 30.5 Å². The predicted molar refractivity (Wildman–Crippen MR) is 146 cm³/mol. The first-order chi connectivity index (χ1) is 16.2. The maximum Gasteiger partial charge on any atom is 0.419 e. The lowest BCUT2D eigenvalue weighted by Gasteiger charge is -2.36. The number of carbonyl (C=O) groups is 2. The highest BCUT2D eigenvalue weighted by Gasteiger charge is 2.36. The largest absolute Gasteiger partial charge is 0.443 e. The number of aromatic nitrogens is 1. The molecule has 8 heteroatoms. The van der Waals surface area contributed by atoms with Crippen LogP contribution in [0.4, 0.5) is 4.79 Å². The molecule has 0 aliphatic heterocycles. The smallest absolute Gasteiger partial charge is 0.419 e. The van der Waals surface area contributed by atoms with Crippen LogP contribution in [0.3, 0.4) is 0 Å². The Bertz CT molecular complexity index is 986. The summed E-state index contributed by atoms with van der Waals surface area (Å²) in [5, 5.41) is 7.53. The zero-order chi connectivity index (χ0) is 26.3. The Balaban J connectivity index is 1.73. The fourth-order valence-corrected chi connectivity index (χ4v) is 4.48. The standard InChI is InChI=1S/C27H45N3O4Si/c1-26(2,3)34-25(32)30-20-21(22-13-9-10-14-23(22)30)19-24(31)29-17-11-15-28-16-12-18-33-35(7,8)27(4,5)6/h9-10,13-14,20,28H,11-12,15-19H2,1-8H3,(H,29,31). The van der Waals surface area contributed by atoms with Crippen LogP contribution in [0.25, 0.3) is 10.9 Å². The normalized spacial score (nSPS) is 12.7. The minimum Gasteiger partial charge on any atom is -0.443 e. The van der Waals surface area contributed by atoms with E-state index in [1.165, 1.54) is 4.57 Å². The zero-order valence-electron chi connectivity index (χ0n) is 22.9. The van der Waals surface area contributed by atoms with Crippen LogP contribution in [0.1, 0.15) is 59.9 Å². The first-order valence-electron chi connectivity index (χ1n) is 12.6. The highest BCUT2D eigenvalue weighted by molar-refractivity contribution is 6.74. The summed E-state index contributed by atoms with van der Waals surface area (Å²) in [6, 6.07) is 7.58. The van der Waals surface area contributed by atoms with E-state index in [4.69, 9.17) is 9.16 Å². The van der Waals surface area contributed by atoms with E-state index in [1.807, 2.05) is 45.0 Å². The molecule has 2 N–H and O–H groups in total. The fourth-order valence-electron chi connectivity index (χ4n) is 3.40. The molecule has 0 saturated heterocycles. The summed E-state index contributed by atoms with van der Waals surface area (Å²) in [6.45, 7) is 20.0. The summed E-state index contributed by atoms with van der Waals surface area (Å²) in [4.78, 5) is 25.2. The van der Waals surface area contributed by atoms with Crippen LogP contribution in [0.5, 0.6) is 0 Å². The van der Waals surface area contributed by atoms with Crippen molar-refractivity contribution >= 4 is 31.2 Å². The summed E-state index contributed by atoms with van der Waals surface area (Å²) < 4.78 is 13.2. The summed E-state index contributed by atoms with van der Waals surface area (Å²) in [7, 11) is -1.67. The Labute approximate surface area is 212 Å². The molecule has 2 rings (SSSR count). The molecule has 7 nitrogen and oxygen atoms in total. The third kappa shape index (κ3) is 9.09. The molecule has 35 heavy (non-hydrogen) atoms. The van der Waals surface area contributed by atoms with Crippen molar-refractivity contribution in [2.45, 2.75) is 84.5 Å². The van der Waals surface area contributed by atoms with Gasteiger partial charge in [-0.1, -0.05) is 39.0 Å². The first kappa shape index (κ1) is 29.1. The summed E-state index contributed by atoms with van der Waals surface area (Å²) in [5.74, 6) is -0.0557. The average Bonchev–Trinajstić information content (AvgIpc) is 3.09. The Kier molecular flexibility index (Phi) is 10.1. The lowest BCUT2D eigenvalue weighted by Crippen LogP contribution is -2.41. The second-order valence-corrected chi connectivity index (χ2v) is 16.4. The number of fused-ring (bicyclic) bond motifs is 1. The minimum absolute atomic E-state index is 0.0557. The highest BCUT2D eigenvalue weighted by atomic mass is 28.4. The Hall–Kier alpha value is -2.16. The number of hydrogen-bond acceptors (Lipinski definition) is 5. The Morgan fingerprint density at radius 2 is 1.63 bits per heavy atom. The van der Waals surface area contributed by atoms with Gasteiger partial charge in [0.05, 0.1) is 11.9 Å². The second kappa shape index (κ2) is 12.2. The molecular formula is C27H45N3O4Si. The number of amides is 1. The second-order valence-electron chi connectivity index (χ2n) is 11.6. The van der Waals surface area contributed by atoms with E-state index in [-0.39, 0.29) is 17.4 Å². The molecule has 0 aliphatic carbocycles. The average molecular weight is 504 g/mol. The van der Waals surface area contributed by atoms with Crippen LogP contribution in [0.2, 0.25) is 18.1 Å². The molecule has 0 radical (unpaired) electrons. The van der Waals surface area contributed by atoms with Gasteiger partial charge in [-0.2, -0.15) is 0 Å². The fraction of sp³-hybridized carbons (Fsp3) is 0.630. The van der Waals surface area contributed by atoms with Crippen molar-refractivity contribution in [3.05, 3.63) is 36.0 Å². The number of nitrogens with zero attached hydrogens (tertiary/aromatic N) is 1. The zero-order valence-corrected chi connectivity index (χ0v) is 23.9. The number of carbonyl (C=O) groups excluding carboxylic acids is 2. The van der Waals surface area contributed by atoms with Gasteiger partial charge in [-0.3, -0.25) is 9.36 Å². The predicted octanol–water partition coefficient (Wildman–Crippen LogP) is 5.47. The van der Waals surface area contributed by atoms with Crippen molar-refractivity contribution in [3.63, 3.8) is 0 Å². The molecule has 2 aromatic rings. The molecule has 0 spiro atoms. The van der Waals surface area contributed by atoms with Gasteiger partial charge >= 0.3 is 6.09 Å². The maximum atomic E-state index is 12.6. The van der Waals surface area contributed by atoms with Crippen LogP contribution in [-0.2, 0) is 20.4 Å². The molecule has 196 valence electrons. The molecule has 1 aromatic carbocycles. The number of para-hydroxylation sites is 1. The monoisotopic (exact) mass is 503 g/mol. The van der Waals surface area contributed by atoms with Crippen LogP contribution < -0.4 is 10.6 Å². The molecular weight excluding hydrogens is 458 g/mol. The van der Waals surface area contributed by atoms with Crippen LogP contribution in [0, 0.1) is 0 Å². The van der Waals surface area contributed by atoms with E-state index >= 15 is 0 Å². The van der Waals surface area contributed by atoms with E-state index in [2.05, 4.69) is 44.5 Å². The van der Waals surface area contributed by atoms with Crippen molar-refractivity contribution in [3.8, 4) is 0 Å². The van der Waals surface area contributed by atoms with E-state index in [0.29, 0.717) is 6.54 Å². The Morgan fingerprint density at radius 1 is 0.971 bits per heavy atom. The van der Waals surface area contributed by atoms with Crippen molar-refractivity contribution < 1.29 is 18.8 Å². The number of nitrogens with one attached hydrogen (secondary N) is 2. The summed E-state index contributed by atoms with van der Waals surface area (Å²) in [6.07, 6.45) is 3.33. The summed E-state index contributed by atoms with van der Waals surface area (Å²) >= 11 is 0. The Morgan fingerprint density at radius 3 is 2.29 bits per heavy atom. The van der Waals surface area contributed by atoms with Crippen molar-refractivity contribution in [2.24, 2.45) is 0 Å². The van der Waals surface area contributed by atoms with E-state index < -0.39 is 20.0 Å². The molecule has 0 atom stereocenters. The van der Waals surface area contributed by atoms with Gasteiger partial charge in [0.1, 0.15) is 5.60 Å². The topological polar surface area (TPSA) is 81.6 Å². The van der Waals surface area contributed by atoms with E-state index in [9.17, 15) is 9.59 Å². The molecule has 0 saturated carbocycles. The molecule has 0 unspecified atom stereocenters. The van der Waals surface area contributed by atoms with Crippen LogP contribution in [-0.4, -0.2) is 56.7 Å². The van der Waals surface area contributed by atoms with Crippen molar-refractivity contribution in [2.75, 3.05) is 26.2 Å². The van der Waals surface area contributed by atoms with Crippen molar-refractivity contribution in [1.29, 1.82) is 0 Å². The first-order valence-corrected chi connectivity index (χ1v) is 15.6.